The molecule has 0 saturated heterocycles. The van der Waals surface area contributed by atoms with Gasteiger partial charge in [0.2, 0.25) is 0 Å². The van der Waals surface area contributed by atoms with Crippen molar-refractivity contribution in [3.63, 3.8) is 0 Å². The zero-order chi connectivity index (χ0) is 16.8. The molecule has 1 aliphatic rings. The third-order valence-electron chi connectivity index (χ3n) is 3.88. The fourth-order valence-electron chi connectivity index (χ4n) is 2.78. The standard InChI is InChI=1S/C14H18ClN5O.C2H6/c1-16-12-7-11(15)19-13-10(8-17-20(12)13)14(21)18-9-5-3-2-4-6-9;1-2/h7-9,16H,2-6H2,1H3,(H,18,21);1-2H3. The summed E-state index contributed by atoms with van der Waals surface area (Å²) in [4.78, 5) is 16.7. The Morgan fingerprint density at radius 2 is 2.00 bits per heavy atom. The molecule has 2 heterocycles. The van der Waals surface area contributed by atoms with Gasteiger partial charge in [-0.05, 0) is 12.8 Å². The molecule has 3 rings (SSSR count). The molecule has 2 N–H and O–H groups in total. The lowest BCUT2D eigenvalue weighted by Crippen LogP contribution is -2.36. The predicted octanol–water partition coefficient (Wildman–Crippen LogP) is 3.51. The van der Waals surface area contributed by atoms with Crippen LogP contribution in [0, 0.1) is 0 Å². The average molecular weight is 338 g/mol. The maximum Gasteiger partial charge on any atom is 0.256 e. The van der Waals surface area contributed by atoms with Crippen molar-refractivity contribution in [2.75, 3.05) is 12.4 Å². The quantitative estimate of drug-likeness (QED) is 0.841. The highest BCUT2D eigenvalue weighted by Crippen LogP contribution is 2.20. The van der Waals surface area contributed by atoms with Gasteiger partial charge in [0, 0.05) is 19.2 Å². The zero-order valence-electron chi connectivity index (χ0n) is 13.9. The van der Waals surface area contributed by atoms with E-state index in [2.05, 4.69) is 20.7 Å². The number of nitrogens with one attached hydrogen (secondary N) is 2. The predicted molar refractivity (Wildman–Crippen MR) is 93.2 cm³/mol. The maximum atomic E-state index is 12.4. The molecule has 0 aliphatic heterocycles. The summed E-state index contributed by atoms with van der Waals surface area (Å²) in [5.41, 5.74) is 0.930. The highest BCUT2D eigenvalue weighted by Gasteiger charge is 2.20. The number of anilines is 1. The van der Waals surface area contributed by atoms with Crippen LogP contribution in [0.4, 0.5) is 5.82 Å². The average Bonchev–Trinajstić information content (AvgIpc) is 3.00. The smallest absolute Gasteiger partial charge is 0.256 e. The molecule has 0 unspecified atom stereocenters. The van der Waals surface area contributed by atoms with Gasteiger partial charge in [0.05, 0.1) is 6.20 Å². The van der Waals surface area contributed by atoms with Gasteiger partial charge in [-0.1, -0.05) is 44.7 Å². The number of halogens is 1. The number of nitrogens with zero attached hydrogens (tertiary/aromatic N) is 3. The fraction of sp³-hybridized carbons (Fsp3) is 0.562. The van der Waals surface area contributed by atoms with Crippen LogP contribution in [0.5, 0.6) is 0 Å². The summed E-state index contributed by atoms with van der Waals surface area (Å²) in [6.07, 6.45) is 7.23. The van der Waals surface area contributed by atoms with Crippen molar-refractivity contribution in [1.29, 1.82) is 0 Å². The van der Waals surface area contributed by atoms with Gasteiger partial charge in [0.1, 0.15) is 16.5 Å². The maximum absolute atomic E-state index is 12.4. The van der Waals surface area contributed by atoms with Crippen LogP contribution in [0.25, 0.3) is 5.65 Å². The van der Waals surface area contributed by atoms with E-state index in [0.717, 1.165) is 12.8 Å². The Hall–Kier alpha value is -1.82. The van der Waals surface area contributed by atoms with Crippen LogP contribution in [-0.4, -0.2) is 33.6 Å². The van der Waals surface area contributed by atoms with Gasteiger partial charge in [-0.15, -0.1) is 0 Å². The van der Waals surface area contributed by atoms with E-state index < -0.39 is 0 Å². The van der Waals surface area contributed by atoms with Crippen molar-refractivity contribution in [1.82, 2.24) is 19.9 Å². The number of rotatable bonds is 3. The number of aromatic nitrogens is 3. The number of hydrogen-bond donors (Lipinski definition) is 2. The van der Waals surface area contributed by atoms with Crippen molar-refractivity contribution >= 4 is 29.0 Å². The van der Waals surface area contributed by atoms with Gasteiger partial charge in [0.15, 0.2) is 5.65 Å². The minimum absolute atomic E-state index is 0.131. The molecule has 0 aromatic carbocycles. The van der Waals surface area contributed by atoms with E-state index in [1.807, 2.05) is 13.8 Å². The Labute approximate surface area is 141 Å². The Kier molecular flexibility index (Phi) is 6.21. The Bertz CT molecular complexity index is 664. The van der Waals surface area contributed by atoms with Crippen LogP contribution >= 0.6 is 11.6 Å². The lowest BCUT2D eigenvalue weighted by molar-refractivity contribution is 0.0929. The van der Waals surface area contributed by atoms with Crippen molar-refractivity contribution in [2.24, 2.45) is 0 Å². The van der Waals surface area contributed by atoms with Crippen molar-refractivity contribution < 1.29 is 4.79 Å². The number of amides is 1. The number of carbonyl (C=O) groups is 1. The number of fused-ring (bicyclic) bond motifs is 1. The Morgan fingerprint density at radius 3 is 2.65 bits per heavy atom. The molecule has 0 spiro atoms. The molecule has 126 valence electrons. The molecular weight excluding hydrogens is 314 g/mol. The van der Waals surface area contributed by atoms with E-state index in [0.29, 0.717) is 22.2 Å². The summed E-state index contributed by atoms with van der Waals surface area (Å²) in [6.45, 7) is 4.00. The first-order valence-electron chi connectivity index (χ1n) is 8.22. The molecule has 2 aromatic heterocycles. The normalized spacial score (nSPS) is 15.0. The molecule has 23 heavy (non-hydrogen) atoms. The van der Waals surface area contributed by atoms with Gasteiger partial charge in [0.25, 0.3) is 5.91 Å². The summed E-state index contributed by atoms with van der Waals surface area (Å²) >= 11 is 6.00. The second-order valence-corrected chi connectivity index (χ2v) is 5.70. The molecular formula is C16H24ClN5O. The second-order valence-electron chi connectivity index (χ2n) is 5.32. The van der Waals surface area contributed by atoms with E-state index in [9.17, 15) is 4.79 Å². The van der Waals surface area contributed by atoms with Crippen LogP contribution in [0.15, 0.2) is 12.3 Å². The lowest BCUT2D eigenvalue weighted by atomic mass is 9.95. The molecule has 0 bridgehead atoms. The summed E-state index contributed by atoms with van der Waals surface area (Å²) in [6, 6.07) is 1.92. The van der Waals surface area contributed by atoms with Gasteiger partial charge in [-0.25, -0.2) is 4.98 Å². The monoisotopic (exact) mass is 337 g/mol. The minimum atomic E-state index is -0.131. The lowest BCUT2D eigenvalue weighted by Gasteiger charge is -2.22. The SMILES string of the molecule is CC.CNc1cc(Cl)nc2c(C(=O)NC3CCCCC3)cnn12. The molecule has 1 saturated carbocycles. The zero-order valence-corrected chi connectivity index (χ0v) is 14.7. The van der Waals surface area contributed by atoms with Gasteiger partial charge >= 0.3 is 0 Å². The first-order valence-corrected chi connectivity index (χ1v) is 8.59. The van der Waals surface area contributed by atoms with Gasteiger partial charge in [-0.3, -0.25) is 4.79 Å². The van der Waals surface area contributed by atoms with Gasteiger partial charge < -0.3 is 10.6 Å². The van der Waals surface area contributed by atoms with E-state index in [4.69, 9.17) is 11.6 Å². The van der Waals surface area contributed by atoms with Gasteiger partial charge in [-0.2, -0.15) is 9.61 Å². The van der Waals surface area contributed by atoms with E-state index in [1.54, 1.807) is 17.6 Å². The molecule has 6 nitrogen and oxygen atoms in total. The van der Waals surface area contributed by atoms with E-state index in [-0.39, 0.29) is 11.9 Å². The summed E-state index contributed by atoms with van der Waals surface area (Å²) in [7, 11) is 1.77. The van der Waals surface area contributed by atoms with Crippen LogP contribution < -0.4 is 10.6 Å². The first-order chi connectivity index (χ1) is 11.2. The highest BCUT2D eigenvalue weighted by molar-refractivity contribution is 6.29. The van der Waals surface area contributed by atoms with Crippen molar-refractivity contribution in [2.45, 2.75) is 52.0 Å². The van der Waals surface area contributed by atoms with Crippen LogP contribution in [0.2, 0.25) is 5.15 Å². The third kappa shape index (κ3) is 3.93. The number of carbonyl (C=O) groups excluding carboxylic acids is 1. The van der Waals surface area contributed by atoms with Crippen LogP contribution in [0.1, 0.15) is 56.3 Å². The molecule has 1 aliphatic carbocycles. The Morgan fingerprint density at radius 1 is 1.30 bits per heavy atom. The summed E-state index contributed by atoms with van der Waals surface area (Å²) in [5.74, 6) is 0.565. The fourth-order valence-corrected chi connectivity index (χ4v) is 2.96. The number of hydrogen-bond acceptors (Lipinski definition) is 4. The third-order valence-corrected chi connectivity index (χ3v) is 4.08. The Balaban J connectivity index is 0.000000924. The second kappa shape index (κ2) is 8.15. The molecule has 1 fully saturated rings. The van der Waals surface area contributed by atoms with E-state index >= 15 is 0 Å². The molecule has 0 radical (unpaired) electrons. The molecule has 7 heteroatoms. The topological polar surface area (TPSA) is 71.3 Å². The van der Waals surface area contributed by atoms with Crippen molar-refractivity contribution in [3.05, 3.63) is 23.0 Å². The first kappa shape index (κ1) is 17.5. The molecule has 1 amide bonds. The van der Waals surface area contributed by atoms with Crippen LogP contribution in [0.3, 0.4) is 0 Å². The van der Waals surface area contributed by atoms with E-state index in [1.165, 1.54) is 25.5 Å². The molecule has 2 aromatic rings. The minimum Gasteiger partial charge on any atom is -0.373 e. The molecule has 0 atom stereocenters. The van der Waals surface area contributed by atoms with Crippen molar-refractivity contribution in [3.8, 4) is 0 Å². The van der Waals surface area contributed by atoms with Crippen LogP contribution in [-0.2, 0) is 0 Å². The highest BCUT2D eigenvalue weighted by atomic mass is 35.5. The summed E-state index contributed by atoms with van der Waals surface area (Å²) in [5, 5.41) is 10.6. The largest absolute Gasteiger partial charge is 0.373 e. The summed E-state index contributed by atoms with van der Waals surface area (Å²) < 4.78 is 1.58.